The van der Waals surface area contributed by atoms with Crippen LogP contribution in [0.25, 0.3) is 0 Å². The lowest BCUT2D eigenvalue weighted by atomic mass is 10.2. The maximum atomic E-state index is 12.9. The molecule has 1 aromatic rings. The fourth-order valence-electron chi connectivity index (χ4n) is 0.822. The van der Waals surface area contributed by atoms with Crippen molar-refractivity contribution in [3.05, 3.63) is 26.8 Å². The summed E-state index contributed by atoms with van der Waals surface area (Å²) in [5.74, 6) is -0.912. The lowest BCUT2D eigenvalue weighted by Crippen LogP contribution is -2.07. The molecule has 0 spiro atoms. The summed E-state index contributed by atoms with van der Waals surface area (Å²) in [4.78, 5) is 3.10. The molecule has 13 heavy (non-hydrogen) atoms. The molecule has 0 bridgehead atoms. The van der Waals surface area contributed by atoms with Gasteiger partial charge < -0.3 is 5.73 Å². The van der Waals surface area contributed by atoms with E-state index in [-0.39, 0.29) is 12.1 Å². The number of hydrogen-bond acceptors (Lipinski definition) is 2. The second-order valence-electron chi connectivity index (χ2n) is 2.30. The molecule has 1 rings (SSSR count). The van der Waals surface area contributed by atoms with Gasteiger partial charge in [0.15, 0.2) is 0 Å². The third-order valence-electron chi connectivity index (χ3n) is 1.47. The predicted molar refractivity (Wildman–Crippen MR) is 49.8 cm³/mol. The Balaban J connectivity index is 3.20. The van der Waals surface area contributed by atoms with Gasteiger partial charge in [-0.25, -0.2) is 13.8 Å². The van der Waals surface area contributed by atoms with Gasteiger partial charge in [-0.1, -0.05) is 0 Å². The Labute approximate surface area is 86.5 Å². The van der Waals surface area contributed by atoms with Crippen LogP contribution >= 0.6 is 22.6 Å². The van der Waals surface area contributed by atoms with Crippen LogP contribution in [-0.2, 0) is 6.54 Å². The van der Waals surface area contributed by atoms with Crippen LogP contribution in [0.5, 0.6) is 0 Å². The van der Waals surface area contributed by atoms with E-state index in [1.54, 1.807) is 22.6 Å². The molecule has 0 aliphatic rings. The molecule has 0 aromatic carbocycles. The van der Waals surface area contributed by atoms with Gasteiger partial charge in [0.05, 0.1) is 0 Å². The topological polar surface area (TPSA) is 38.9 Å². The zero-order valence-electron chi connectivity index (χ0n) is 6.40. The average Bonchev–Trinajstić information content (AvgIpc) is 2.03. The molecule has 0 saturated carbocycles. The quantitative estimate of drug-likeness (QED) is 0.672. The highest BCUT2D eigenvalue weighted by Gasteiger charge is 2.15. The van der Waals surface area contributed by atoms with Crippen molar-refractivity contribution in [3.8, 4) is 0 Å². The zero-order chi connectivity index (χ0) is 10.0. The van der Waals surface area contributed by atoms with E-state index >= 15 is 0 Å². The first-order chi connectivity index (χ1) is 6.06. The van der Waals surface area contributed by atoms with Crippen molar-refractivity contribution < 1.29 is 13.2 Å². The molecule has 0 unspecified atom stereocenters. The molecule has 1 heterocycles. The minimum absolute atomic E-state index is 0.0410. The van der Waals surface area contributed by atoms with Gasteiger partial charge in [-0.05, 0) is 28.7 Å². The Morgan fingerprint density at radius 3 is 2.54 bits per heavy atom. The van der Waals surface area contributed by atoms with Crippen LogP contribution in [0.15, 0.2) is 6.07 Å². The summed E-state index contributed by atoms with van der Waals surface area (Å²) in [5, 5.41) is 0. The van der Waals surface area contributed by atoms with Crippen molar-refractivity contribution in [2.24, 2.45) is 5.73 Å². The van der Waals surface area contributed by atoms with Gasteiger partial charge in [0.1, 0.15) is 5.69 Å². The van der Waals surface area contributed by atoms with Crippen LogP contribution in [0.4, 0.5) is 13.2 Å². The molecule has 0 amide bonds. The van der Waals surface area contributed by atoms with E-state index in [0.717, 1.165) is 6.07 Å². The SMILES string of the molecule is NCc1c(I)cc(C(F)F)nc1F. The highest BCUT2D eigenvalue weighted by molar-refractivity contribution is 14.1. The van der Waals surface area contributed by atoms with Crippen molar-refractivity contribution in [1.29, 1.82) is 0 Å². The number of nitrogens with two attached hydrogens (primary N) is 1. The van der Waals surface area contributed by atoms with Crippen molar-refractivity contribution >= 4 is 22.6 Å². The highest BCUT2D eigenvalue weighted by Crippen LogP contribution is 2.22. The Morgan fingerprint density at radius 2 is 2.15 bits per heavy atom. The highest BCUT2D eigenvalue weighted by atomic mass is 127. The Kier molecular flexibility index (Phi) is 3.48. The molecule has 1 aromatic heterocycles. The standard InChI is InChI=1S/C7H6F3IN2/c8-6(9)5-1-4(11)3(2-12)7(10)13-5/h1,6H,2,12H2. The van der Waals surface area contributed by atoms with Gasteiger partial charge in [0.25, 0.3) is 6.43 Å². The second-order valence-corrected chi connectivity index (χ2v) is 3.47. The summed E-state index contributed by atoms with van der Waals surface area (Å²) in [7, 11) is 0. The average molecular weight is 302 g/mol. The van der Waals surface area contributed by atoms with Gasteiger partial charge in [-0.3, -0.25) is 0 Å². The van der Waals surface area contributed by atoms with Gasteiger partial charge in [-0.15, -0.1) is 0 Å². The molecule has 0 saturated heterocycles. The minimum Gasteiger partial charge on any atom is -0.326 e. The van der Waals surface area contributed by atoms with Crippen molar-refractivity contribution in [1.82, 2.24) is 4.98 Å². The molecular formula is C7H6F3IN2. The fourth-order valence-corrected chi connectivity index (χ4v) is 1.58. The van der Waals surface area contributed by atoms with E-state index in [0.29, 0.717) is 3.57 Å². The second kappa shape index (κ2) is 4.23. The normalized spacial score (nSPS) is 10.9. The molecule has 0 aliphatic heterocycles. The largest absolute Gasteiger partial charge is 0.326 e. The molecule has 72 valence electrons. The minimum atomic E-state index is -2.75. The van der Waals surface area contributed by atoms with Crippen LogP contribution in [0.3, 0.4) is 0 Å². The van der Waals surface area contributed by atoms with Crippen molar-refractivity contribution in [2.45, 2.75) is 13.0 Å². The van der Waals surface area contributed by atoms with E-state index in [9.17, 15) is 13.2 Å². The maximum absolute atomic E-state index is 12.9. The lowest BCUT2D eigenvalue weighted by Gasteiger charge is -2.05. The monoisotopic (exact) mass is 302 g/mol. The summed E-state index contributed by atoms with van der Waals surface area (Å²) in [6.07, 6.45) is -2.75. The van der Waals surface area contributed by atoms with Gasteiger partial charge in [-0.2, -0.15) is 4.39 Å². The van der Waals surface area contributed by atoms with Crippen LogP contribution in [0, 0.1) is 9.52 Å². The molecule has 0 aliphatic carbocycles. The van der Waals surface area contributed by atoms with Crippen LogP contribution in [-0.4, -0.2) is 4.98 Å². The summed E-state index contributed by atoms with van der Waals surface area (Å²) in [6.45, 7) is -0.0410. The summed E-state index contributed by atoms with van der Waals surface area (Å²) in [5.41, 5.74) is 4.82. The number of hydrogen-bond donors (Lipinski definition) is 1. The van der Waals surface area contributed by atoms with E-state index in [2.05, 4.69) is 4.98 Å². The lowest BCUT2D eigenvalue weighted by molar-refractivity contribution is 0.144. The Bertz CT molecular complexity index is 294. The molecular weight excluding hydrogens is 296 g/mol. The van der Waals surface area contributed by atoms with Crippen LogP contribution in [0.2, 0.25) is 0 Å². The predicted octanol–water partition coefficient (Wildman–Crippen LogP) is 2.22. The first-order valence-corrected chi connectivity index (χ1v) is 4.47. The smallest absolute Gasteiger partial charge is 0.280 e. The first kappa shape index (κ1) is 10.7. The molecule has 2 nitrogen and oxygen atoms in total. The Morgan fingerprint density at radius 1 is 1.54 bits per heavy atom. The molecule has 2 N–H and O–H groups in total. The van der Waals surface area contributed by atoms with E-state index in [1.807, 2.05) is 0 Å². The fraction of sp³-hybridized carbons (Fsp3) is 0.286. The van der Waals surface area contributed by atoms with E-state index in [1.165, 1.54) is 0 Å². The van der Waals surface area contributed by atoms with Gasteiger partial charge >= 0.3 is 0 Å². The number of alkyl halides is 2. The Hall–Kier alpha value is -0.370. The third kappa shape index (κ3) is 2.31. The summed E-state index contributed by atoms with van der Waals surface area (Å²) >= 11 is 1.75. The number of nitrogens with zero attached hydrogens (tertiary/aromatic N) is 1. The first-order valence-electron chi connectivity index (χ1n) is 3.39. The number of halogens is 4. The zero-order valence-corrected chi connectivity index (χ0v) is 8.56. The third-order valence-corrected chi connectivity index (χ3v) is 2.43. The molecule has 0 fully saturated rings. The van der Waals surface area contributed by atoms with Crippen LogP contribution < -0.4 is 5.73 Å². The van der Waals surface area contributed by atoms with E-state index in [4.69, 9.17) is 5.73 Å². The molecule has 6 heteroatoms. The van der Waals surface area contributed by atoms with Crippen molar-refractivity contribution in [3.63, 3.8) is 0 Å². The number of aromatic nitrogens is 1. The van der Waals surface area contributed by atoms with Gasteiger partial charge in [0.2, 0.25) is 5.95 Å². The van der Waals surface area contributed by atoms with Crippen molar-refractivity contribution in [2.75, 3.05) is 0 Å². The number of rotatable bonds is 2. The molecule has 0 atom stereocenters. The number of pyridine rings is 1. The summed E-state index contributed by atoms with van der Waals surface area (Å²) in [6, 6.07) is 1.14. The molecule has 0 radical (unpaired) electrons. The summed E-state index contributed by atoms with van der Waals surface area (Å²) < 4.78 is 37.5. The maximum Gasteiger partial charge on any atom is 0.280 e. The van der Waals surface area contributed by atoms with Gasteiger partial charge in [0, 0.05) is 15.7 Å². The van der Waals surface area contributed by atoms with E-state index < -0.39 is 18.1 Å². The van der Waals surface area contributed by atoms with Crippen LogP contribution in [0.1, 0.15) is 17.7 Å².